The molecule has 1 aliphatic rings. The fourth-order valence-electron chi connectivity index (χ4n) is 2.55. The number of nitrogens with zero attached hydrogens (tertiary/aromatic N) is 1. The lowest BCUT2D eigenvalue weighted by Gasteiger charge is -2.11. The monoisotopic (exact) mass is 244 g/mol. The highest BCUT2D eigenvalue weighted by Gasteiger charge is 2.27. The van der Waals surface area contributed by atoms with Gasteiger partial charge in [-0.3, -0.25) is 0 Å². The lowest BCUT2D eigenvalue weighted by atomic mass is 9.95. The summed E-state index contributed by atoms with van der Waals surface area (Å²) in [6.45, 7) is 4.33. The molecule has 1 aromatic carbocycles. The second kappa shape index (κ2) is 3.84. The molecule has 0 saturated heterocycles. The summed E-state index contributed by atoms with van der Waals surface area (Å²) in [6.07, 6.45) is 2.25. The van der Waals surface area contributed by atoms with Crippen LogP contribution in [0.5, 0.6) is 0 Å². The van der Waals surface area contributed by atoms with E-state index in [1.54, 1.807) is 11.3 Å². The number of fused-ring (bicyclic) bond motifs is 1. The van der Waals surface area contributed by atoms with Gasteiger partial charge in [-0.05, 0) is 43.4 Å². The molecule has 1 aliphatic carbocycles. The second-order valence-corrected chi connectivity index (χ2v) is 5.86. The van der Waals surface area contributed by atoms with Gasteiger partial charge in [0, 0.05) is 10.8 Å². The van der Waals surface area contributed by atoms with Crippen LogP contribution in [0, 0.1) is 13.8 Å². The maximum absolute atomic E-state index is 5.79. The first kappa shape index (κ1) is 10.8. The van der Waals surface area contributed by atoms with Crippen LogP contribution in [-0.4, -0.2) is 4.98 Å². The first-order valence-electron chi connectivity index (χ1n) is 5.97. The van der Waals surface area contributed by atoms with Crippen molar-refractivity contribution in [3.63, 3.8) is 0 Å². The molecule has 0 fully saturated rings. The third-order valence-corrected chi connectivity index (χ3v) is 4.70. The molecule has 88 valence electrons. The van der Waals surface area contributed by atoms with E-state index in [9.17, 15) is 0 Å². The fourth-order valence-corrected chi connectivity index (χ4v) is 3.59. The number of aryl methyl sites for hydroxylation is 3. The summed E-state index contributed by atoms with van der Waals surface area (Å²) in [5.41, 5.74) is 11.1. The molecule has 0 aliphatic heterocycles. The first-order valence-corrected chi connectivity index (χ1v) is 6.79. The standard InChI is InChI=1S/C14H16N2S/c1-8-3-4-10(7-9(8)2)11-5-6-12-13(11)17-14(15)16-12/h3-4,7,11H,5-6H2,1-2H3,(H2,15,16). The van der Waals surface area contributed by atoms with Crippen LogP contribution in [0.3, 0.4) is 0 Å². The van der Waals surface area contributed by atoms with Crippen molar-refractivity contribution in [2.45, 2.75) is 32.6 Å². The Morgan fingerprint density at radius 3 is 2.88 bits per heavy atom. The highest BCUT2D eigenvalue weighted by atomic mass is 32.1. The Hall–Kier alpha value is -1.35. The predicted octanol–water partition coefficient (Wildman–Crippen LogP) is 3.42. The molecular weight excluding hydrogens is 228 g/mol. The van der Waals surface area contributed by atoms with E-state index in [1.807, 2.05) is 0 Å². The van der Waals surface area contributed by atoms with E-state index in [-0.39, 0.29) is 0 Å². The largest absolute Gasteiger partial charge is 0.375 e. The van der Waals surface area contributed by atoms with Gasteiger partial charge in [0.25, 0.3) is 0 Å². The lowest BCUT2D eigenvalue weighted by molar-refractivity contribution is 0.789. The van der Waals surface area contributed by atoms with Crippen molar-refractivity contribution in [3.05, 3.63) is 45.5 Å². The molecule has 0 saturated carbocycles. The van der Waals surface area contributed by atoms with Crippen molar-refractivity contribution in [3.8, 4) is 0 Å². The van der Waals surface area contributed by atoms with Crippen LogP contribution < -0.4 is 5.73 Å². The molecule has 0 amide bonds. The van der Waals surface area contributed by atoms with Crippen molar-refractivity contribution in [2.75, 3.05) is 5.73 Å². The maximum atomic E-state index is 5.79. The van der Waals surface area contributed by atoms with E-state index >= 15 is 0 Å². The molecule has 3 rings (SSSR count). The number of aromatic nitrogens is 1. The minimum Gasteiger partial charge on any atom is -0.375 e. The summed E-state index contributed by atoms with van der Waals surface area (Å²) in [5, 5.41) is 0.712. The molecule has 17 heavy (non-hydrogen) atoms. The molecule has 0 radical (unpaired) electrons. The van der Waals surface area contributed by atoms with Crippen molar-refractivity contribution >= 4 is 16.5 Å². The van der Waals surface area contributed by atoms with E-state index in [4.69, 9.17) is 5.73 Å². The number of thiazole rings is 1. The minimum atomic E-state index is 0.513. The molecule has 2 nitrogen and oxygen atoms in total. The number of nitrogens with two attached hydrogens (primary N) is 1. The van der Waals surface area contributed by atoms with E-state index in [1.165, 1.54) is 33.7 Å². The number of anilines is 1. The summed E-state index contributed by atoms with van der Waals surface area (Å²) >= 11 is 1.66. The Balaban J connectivity index is 2.03. The maximum Gasteiger partial charge on any atom is 0.180 e. The zero-order chi connectivity index (χ0) is 12.0. The summed E-state index contributed by atoms with van der Waals surface area (Å²) in [5.74, 6) is 0.513. The van der Waals surface area contributed by atoms with Gasteiger partial charge in [0.1, 0.15) is 0 Å². The molecule has 1 heterocycles. The minimum absolute atomic E-state index is 0.513. The number of hydrogen-bond donors (Lipinski definition) is 1. The number of rotatable bonds is 1. The SMILES string of the molecule is Cc1ccc(C2CCc3nc(N)sc32)cc1C. The summed E-state index contributed by atoms with van der Waals surface area (Å²) in [7, 11) is 0. The molecule has 0 spiro atoms. The van der Waals surface area contributed by atoms with E-state index in [0.29, 0.717) is 11.0 Å². The van der Waals surface area contributed by atoms with Crippen molar-refractivity contribution in [1.29, 1.82) is 0 Å². The summed E-state index contributed by atoms with van der Waals surface area (Å²) < 4.78 is 0. The van der Waals surface area contributed by atoms with Crippen LogP contribution in [0.15, 0.2) is 18.2 Å². The second-order valence-electron chi connectivity index (χ2n) is 4.80. The van der Waals surface area contributed by atoms with Gasteiger partial charge in [-0.2, -0.15) is 0 Å². The quantitative estimate of drug-likeness (QED) is 0.834. The lowest BCUT2D eigenvalue weighted by Crippen LogP contribution is -1.95. The van der Waals surface area contributed by atoms with Crippen molar-refractivity contribution in [1.82, 2.24) is 4.98 Å². The molecule has 0 bridgehead atoms. The summed E-state index contributed by atoms with van der Waals surface area (Å²) in [6, 6.07) is 6.77. The Morgan fingerprint density at radius 2 is 2.12 bits per heavy atom. The van der Waals surface area contributed by atoms with Crippen LogP contribution in [0.2, 0.25) is 0 Å². The van der Waals surface area contributed by atoms with Crippen LogP contribution in [0.25, 0.3) is 0 Å². The Labute approximate surface area is 106 Å². The van der Waals surface area contributed by atoms with Crippen molar-refractivity contribution in [2.24, 2.45) is 0 Å². The third kappa shape index (κ3) is 1.75. The van der Waals surface area contributed by atoms with Gasteiger partial charge < -0.3 is 5.73 Å². The number of benzene rings is 1. The van der Waals surface area contributed by atoms with Crippen LogP contribution in [0.4, 0.5) is 5.13 Å². The number of nitrogen functional groups attached to an aromatic ring is 1. The average Bonchev–Trinajstić information content (AvgIpc) is 2.81. The zero-order valence-electron chi connectivity index (χ0n) is 10.2. The van der Waals surface area contributed by atoms with E-state index < -0.39 is 0 Å². The van der Waals surface area contributed by atoms with Crippen LogP contribution in [-0.2, 0) is 6.42 Å². The van der Waals surface area contributed by atoms with Crippen molar-refractivity contribution < 1.29 is 0 Å². The molecule has 1 atom stereocenters. The molecule has 3 heteroatoms. The van der Waals surface area contributed by atoms with Gasteiger partial charge in [0.2, 0.25) is 0 Å². The Morgan fingerprint density at radius 1 is 1.29 bits per heavy atom. The highest BCUT2D eigenvalue weighted by molar-refractivity contribution is 7.15. The molecule has 2 aromatic rings. The fraction of sp³-hybridized carbons (Fsp3) is 0.357. The Kier molecular flexibility index (Phi) is 2.44. The van der Waals surface area contributed by atoms with E-state index in [2.05, 4.69) is 37.0 Å². The zero-order valence-corrected chi connectivity index (χ0v) is 11.0. The summed E-state index contributed by atoms with van der Waals surface area (Å²) in [4.78, 5) is 5.78. The van der Waals surface area contributed by atoms with Gasteiger partial charge in [0.15, 0.2) is 5.13 Å². The topological polar surface area (TPSA) is 38.9 Å². The van der Waals surface area contributed by atoms with E-state index in [0.717, 1.165) is 6.42 Å². The average molecular weight is 244 g/mol. The molecule has 2 N–H and O–H groups in total. The Bertz CT molecular complexity index is 572. The molecule has 1 unspecified atom stereocenters. The highest BCUT2D eigenvalue weighted by Crippen LogP contribution is 2.42. The smallest absolute Gasteiger partial charge is 0.180 e. The third-order valence-electron chi connectivity index (χ3n) is 3.66. The van der Waals surface area contributed by atoms with Gasteiger partial charge in [0.05, 0.1) is 5.69 Å². The van der Waals surface area contributed by atoms with Gasteiger partial charge >= 0.3 is 0 Å². The molecule has 1 aromatic heterocycles. The van der Waals surface area contributed by atoms with Crippen LogP contribution >= 0.6 is 11.3 Å². The predicted molar refractivity (Wildman–Crippen MR) is 72.6 cm³/mol. The van der Waals surface area contributed by atoms with Gasteiger partial charge in [-0.1, -0.05) is 18.2 Å². The number of hydrogen-bond acceptors (Lipinski definition) is 3. The van der Waals surface area contributed by atoms with Crippen LogP contribution in [0.1, 0.15) is 39.6 Å². The normalized spacial score (nSPS) is 18.4. The molecular formula is C14H16N2S. The first-order chi connectivity index (χ1) is 8.15. The van der Waals surface area contributed by atoms with Gasteiger partial charge in [-0.15, -0.1) is 11.3 Å². The van der Waals surface area contributed by atoms with Gasteiger partial charge in [-0.25, -0.2) is 4.98 Å².